The van der Waals surface area contributed by atoms with Crippen molar-refractivity contribution >= 4 is 22.6 Å². The molecule has 37 heavy (non-hydrogen) atoms. The standard InChI is InChI=1S/C29H31FN4O3/c1-19(13-25(37-4)14-20(2)36-3)34(18-22-5-6-22)24-11-12-26-27(15-24)33-28(17-31-26)29(35)32-16-21-7-9-23(30)10-8-21/h7-15,17,22H,2,5-6,16,18H2,1,3-4H3,(H,32,35)/b19-13+,25-14+. The van der Waals surface area contributed by atoms with Gasteiger partial charge in [0.15, 0.2) is 0 Å². The Morgan fingerprint density at radius 1 is 1.14 bits per heavy atom. The third-order valence-electron chi connectivity index (χ3n) is 6.15. The summed E-state index contributed by atoms with van der Waals surface area (Å²) in [6, 6.07) is 11.9. The molecule has 1 N–H and O–H groups in total. The minimum atomic E-state index is -0.344. The van der Waals surface area contributed by atoms with E-state index in [0.29, 0.717) is 28.5 Å². The monoisotopic (exact) mass is 502 g/mol. The zero-order valence-corrected chi connectivity index (χ0v) is 21.3. The predicted octanol–water partition coefficient (Wildman–Crippen LogP) is 5.51. The van der Waals surface area contributed by atoms with E-state index in [1.165, 1.54) is 31.2 Å². The number of benzene rings is 2. The van der Waals surface area contributed by atoms with Crippen LogP contribution in [0.4, 0.5) is 10.1 Å². The lowest BCUT2D eigenvalue weighted by molar-refractivity contribution is 0.0946. The Labute approximate surface area is 216 Å². The highest BCUT2D eigenvalue weighted by Crippen LogP contribution is 2.34. The molecule has 192 valence electrons. The van der Waals surface area contributed by atoms with Crippen LogP contribution < -0.4 is 10.2 Å². The molecule has 8 heteroatoms. The van der Waals surface area contributed by atoms with Gasteiger partial charge in [-0.15, -0.1) is 0 Å². The van der Waals surface area contributed by atoms with Crippen LogP contribution in [0.1, 0.15) is 35.8 Å². The summed E-state index contributed by atoms with van der Waals surface area (Å²) in [7, 11) is 3.17. The average molecular weight is 503 g/mol. The zero-order valence-electron chi connectivity index (χ0n) is 21.3. The quantitative estimate of drug-likeness (QED) is 0.275. The van der Waals surface area contributed by atoms with Gasteiger partial charge in [-0.3, -0.25) is 9.78 Å². The highest BCUT2D eigenvalue weighted by Gasteiger charge is 2.25. The lowest BCUT2D eigenvalue weighted by Gasteiger charge is -2.26. The zero-order chi connectivity index (χ0) is 26.4. The van der Waals surface area contributed by atoms with E-state index >= 15 is 0 Å². The van der Waals surface area contributed by atoms with Crippen molar-refractivity contribution in [3.8, 4) is 0 Å². The van der Waals surface area contributed by atoms with Gasteiger partial charge in [0, 0.05) is 30.5 Å². The fraction of sp³-hybridized carbons (Fsp3) is 0.276. The van der Waals surface area contributed by atoms with Gasteiger partial charge in [0.05, 0.1) is 31.4 Å². The van der Waals surface area contributed by atoms with E-state index < -0.39 is 0 Å². The van der Waals surface area contributed by atoms with Crippen LogP contribution >= 0.6 is 0 Å². The highest BCUT2D eigenvalue weighted by atomic mass is 19.1. The molecule has 1 aromatic heterocycles. The molecule has 1 aliphatic carbocycles. The maximum Gasteiger partial charge on any atom is 0.271 e. The number of aromatic nitrogens is 2. The minimum Gasteiger partial charge on any atom is -0.497 e. The fourth-order valence-corrected chi connectivity index (χ4v) is 3.82. The van der Waals surface area contributed by atoms with Gasteiger partial charge in [-0.1, -0.05) is 18.7 Å². The fourth-order valence-electron chi connectivity index (χ4n) is 3.82. The summed E-state index contributed by atoms with van der Waals surface area (Å²) in [6.45, 7) is 6.99. The number of anilines is 1. The van der Waals surface area contributed by atoms with Crippen molar-refractivity contribution in [1.29, 1.82) is 0 Å². The number of fused-ring (bicyclic) bond motifs is 1. The SMILES string of the molecule is C=C(/C=C(\C=C(/C)N(CC1CC1)c1ccc2ncc(C(=O)NCc3ccc(F)cc3)nc2c1)OC)OC. The Morgan fingerprint density at radius 2 is 1.89 bits per heavy atom. The second-order valence-corrected chi connectivity index (χ2v) is 9.00. The van der Waals surface area contributed by atoms with E-state index in [9.17, 15) is 9.18 Å². The first-order valence-electron chi connectivity index (χ1n) is 12.1. The van der Waals surface area contributed by atoms with Gasteiger partial charge < -0.3 is 19.7 Å². The molecule has 3 aromatic rings. The summed E-state index contributed by atoms with van der Waals surface area (Å²) < 4.78 is 23.8. The molecule has 1 heterocycles. The lowest BCUT2D eigenvalue weighted by Crippen LogP contribution is -2.24. The number of halogens is 1. The number of amides is 1. The molecule has 0 bridgehead atoms. The Kier molecular flexibility index (Phi) is 8.18. The van der Waals surface area contributed by atoms with Gasteiger partial charge in [0.2, 0.25) is 0 Å². The van der Waals surface area contributed by atoms with Crippen LogP contribution in [0.2, 0.25) is 0 Å². The molecule has 0 radical (unpaired) electrons. The first-order chi connectivity index (χ1) is 17.9. The van der Waals surface area contributed by atoms with Crippen LogP contribution in [0.3, 0.4) is 0 Å². The van der Waals surface area contributed by atoms with E-state index in [0.717, 1.165) is 23.5 Å². The average Bonchev–Trinajstić information content (AvgIpc) is 3.74. The summed E-state index contributed by atoms with van der Waals surface area (Å²) in [5, 5.41) is 2.82. The smallest absolute Gasteiger partial charge is 0.271 e. The summed E-state index contributed by atoms with van der Waals surface area (Å²) >= 11 is 0. The van der Waals surface area contributed by atoms with Gasteiger partial charge in [-0.05, 0) is 67.7 Å². The van der Waals surface area contributed by atoms with Crippen molar-refractivity contribution in [3.05, 3.63) is 102 Å². The maximum atomic E-state index is 13.1. The first kappa shape index (κ1) is 25.9. The molecule has 0 unspecified atom stereocenters. The van der Waals surface area contributed by atoms with Gasteiger partial charge >= 0.3 is 0 Å². The largest absolute Gasteiger partial charge is 0.497 e. The molecule has 0 atom stereocenters. The van der Waals surface area contributed by atoms with Crippen molar-refractivity contribution in [3.63, 3.8) is 0 Å². The molecule has 7 nitrogen and oxygen atoms in total. The number of nitrogens with one attached hydrogen (secondary N) is 1. The molecule has 1 aliphatic rings. The number of hydrogen-bond donors (Lipinski definition) is 1. The molecular formula is C29H31FN4O3. The Hall–Kier alpha value is -4.20. The van der Waals surface area contributed by atoms with E-state index in [2.05, 4.69) is 26.8 Å². The summed E-state index contributed by atoms with van der Waals surface area (Å²) in [5.41, 5.74) is 4.27. The molecule has 1 amide bonds. The van der Waals surface area contributed by atoms with Crippen LogP contribution in [-0.2, 0) is 16.0 Å². The predicted molar refractivity (Wildman–Crippen MR) is 142 cm³/mol. The van der Waals surface area contributed by atoms with Crippen LogP contribution in [0.25, 0.3) is 11.0 Å². The molecule has 1 fully saturated rings. The number of methoxy groups -OCH3 is 2. The second kappa shape index (κ2) is 11.7. The number of carbonyl (C=O) groups is 1. The van der Waals surface area contributed by atoms with Gasteiger partial charge in [0.25, 0.3) is 5.91 Å². The lowest BCUT2D eigenvalue weighted by atomic mass is 10.2. The third kappa shape index (κ3) is 6.94. The highest BCUT2D eigenvalue weighted by molar-refractivity contribution is 5.94. The number of rotatable bonds is 11. The maximum absolute atomic E-state index is 13.1. The van der Waals surface area contributed by atoms with Crippen LogP contribution in [0, 0.1) is 11.7 Å². The molecule has 0 spiro atoms. The first-order valence-corrected chi connectivity index (χ1v) is 12.1. The van der Waals surface area contributed by atoms with Crippen molar-refractivity contribution in [1.82, 2.24) is 15.3 Å². The van der Waals surface area contributed by atoms with Gasteiger partial charge in [-0.25, -0.2) is 9.37 Å². The number of carbonyl (C=O) groups excluding carboxylic acids is 1. The Bertz CT molecular complexity index is 1350. The van der Waals surface area contributed by atoms with Crippen LogP contribution in [-0.4, -0.2) is 36.6 Å². The van der Waals surface area contributed by atoms with E-state index in [-0.39, 0.29) is 24.0 Å². The van der Waals surface area contributed by atoms with Crippen LogP contribution in [0.15, 0.2) is 84.6 Å². The number of hydrogen-bond acceptors (Lipinski definition) is 6. The van der Waals surface area contributed by atoms with Gasteiger partial charge in [-0.2, -0.15) is 0 Å². The molecular weight excluding hydrogens is 471 g/mol. The molecule has 0 aliphatic heterocycles. The number of allylic oxidation sites excluding steroid dienone is 3. The molecule has 0 saturated heterocycles. The topological polar surface area (TPSA) is 76.6 Å². The summed E-state index contributed by atoms with van der Waals surface area (Å²) in [4.78, 5) is 24.0. The number of ether oxygens (including phenoxy) is 2. The normalized spacial score (nSPS) is 13.8. The molecule has 1 saturated carbocycles. The second-order valence-electron chi connectivity index (χ2n) is 9.00. The summed E-state index contributed by atoms with van der Waals surface area (Å²) in [6.07, 6.45) is 7.54. The van der Waals surface area contributed by atoms with Crippen molar-refractivity contribution < 1.29 is 18.7 Å². The van der Waals surface area contributed by atoms with Crippen molar-refractivity contribution in [2.45, 2.75) is 26.3 Å². The van der Waals surface area contributed by atoms with E-state index in [1.807, 2.05) is 31.2 Å². The summed E-state index contributed by atoms with van der Waals surface area (Å²) in [5.74, 6) is 1.09. The van der Waals surface area contributed by atoms with Crippen molar-refractivity contribution in [2.24, 2.45) is 5.92 Å². The number of nitrogens with zero attached hydrogens (tertiary/aromatic N) is 3. The van der Waals surface area contributed by atoms with E-state index in [1.54, 1.807) is 32.4 Å². The van der Waals surface area contributed by atoms with E-state index in [4.69, 9.17) is 9.47 Å². The van der Waals surface area contributed by atoms with Crippen LogP contribution in [0.5, 0.6) is 0 Å². The third-order valence-corrected chi connectivity index (χ3v) is 6.15. The molecule has 4 rings (SSSR count). The minimum absolute atomic E-state index is 0.218. The molecule has 2 aromatic carbocycles. The Morgan fingerprint density at radius 3 is 2.57 bits per heavy atom. The van der Waals surface area contributed by atoms with Crippen molar-refractivity contribution in [2.75, 3.05) is 25.7 Å². The Balaban J connectivity index is 1.58. The van der Waals surface area contributed by atoms with Gasteiger partial charge in [0.1, 0.15) is 23.0 Å².